The predicted octanol–water partition coefficient (Wildman–Crippen LogP) is -0.808. The Balaban J connectivity index is 2.32. The van der Waals surface area contributed by atoms with Crippen LogP contribution in [0.25, 0.3) is 0 Å². The molecule has 26 valence electrons. The molecule has 0 rings (SSSR count). The molecular weight excluding hydrogens is 117 g/mol. The molecule has 0 saturated carbocycles. The molecule has 0 bridgehead atoms. The molecule has 0 saturated heterocycles. The van der Waals surface area contributed by atoms with Crippen LogP contribution in [0.15, 0.2) is 0 Å². The van der Waals surface area contributed by atoms with Gasteiger partial charge in [0, 0.05) is 0 Å². The van der Waals surface area contributed by atoms with E-state index in [1.54, 1.807) is 0 Å². The third-order valence-electron chi connectivity index (χ3n) is 0. The Morgan fingerprint density at radius 2 is 2.00 bits per heavy atom. The first-order valence-corrected chi connectivity index (χ1v) is 2.25. The molecule has 0 radical (unpaired) electrons. The Labute approximate surface area is 34.4 Å². The molecule has 4 heavy (non-hydrogen) atoms. The van der Waals surface area contributed by atoms with Crippen LogP contribution in [0.2, 0.25) is 0 Å². The van der Waals surface area contributed by atoms with Crippen molar-refractivity contribution in [3.8, 4) is 0 Å². The van der Waals surface area contributed by atoms with E-state index in [1.165, 1.54) is 0 Å². The second-order valence-corrected chi connectivity index (χ2v) is 2.45. The number of rotatable bonds is 0. The van der Waals surface area contributed by atoms with Crippen LogP contribution in [0.3, 0.4) is 0 Å². The molecule has 2 heteroatoms. The van der Waals surface area contributed by atoms with Crippen molar-refractivity contribution in [1.82, 2.24) is 0 Å². The number of nitrogens with two attached hydrogens (primary N) is 1. The Morgan fingerprint density at radius 1 is 2.00 bits per heavy atom. The van der Waals surface area contributed by atoms with E-state index >= 15 is 0 Å². The molecule has 0 aliphatic rings. The summed E-state index contributed by atoms with van der Waals surface area (Å²) in [6.45, 7) is 1.92. The monoisotopic (exact) mass is 125 g/mol. The average molecular weight is 124 g/mol. The van der Waals surface area contributed by atoms with Gasteiger partial charge in [0.2, 0.25) is 0 Å². The average Bonchev–Trinajstić information content (AvgIpc) is 0.811. The first-order valence-electron chi connectivity index (χ1n) is 1.17. The van der Waals surface area contributed by atoms with E-state index in [4.69, 9.17) is 5.73 Å². The maximum atomic E-state index is 5.08. The summed E-state index contributed by atoms with van der Waals surface area (Å²) in [5.74, 6) is 0. The Morgan fingerprint density at radius 3 is 2.00 bits per heavy atom. The maximum absolute atomic E-state index is 5.08. The van der Waals surface area contributed by atoms with Crippen molar-refractivity contribution < 1.29 is 0 Å². The number of hydrogen-bond acceptors (Lipinski definition) is 1. The summed E-state index contributed by atoms with van der Waals surface area (Å²) in [6, 6.07) is 0. The van der Waals surface area contributed by atoms with Crippen LogP contribution in [0, 0.1) is 0 Å². The van der Waals surface area contributed by atoms with Gasteiger partial charge in [-0.1, -0.05) is 0 Å². The first-order chi connectivity index (χ1) is 1.73. The molecular formula is C2H7NSe. The fourth-order valence-corrected chi connectivity index (χ4v) is 0. The van der Waals surface area contributed by atoms with E-state index in [0.717, 1.165) is 0 Å². The summed E-state index contributed by atoms with van der Waals surface area (Å²) in [6.07, 6.45) is 0. The summed E-state index contributed by atoms with van der Waals surface area (Å²) in [5.41, 5.74) is 5.08. The third-order valence-corrected chi connectivity index (χ3v) is 0. The molecule has 0 amide bonds. The van der Waals surface area contributed by atoms with E-state index in [0.29, 0.717) is 0 Å². The van der Waals surface area contributed by atoms with Gasteiger partial charge in [0.15, 0.2) is 0 Å². The van der Waals surface area contributed by atoms with Gasteiger partial charge in [0.05, 0.1) is 0 Å². The first kappa shape index (κ1) is 4.48. The molecule has 0 aliphatic heterocycles. The van der Waals surface area contributed by atoms with E-state index in [1.807, 2.05) is 6.92 Å². The molecule has 0 heterocycles. The quantitative estimate of drug-likeness (QED) is 0.420. The summed E-state index contributed by atoms with van der Waals surface area (Å²) in [5, 5.41) is 0. The Kier molecular flexibility index (Phi) is 1.98. The van der Waals surface area contributed by atoms with E-state index in [9.17, 15) is 0 Å². The van der Waals surface area contributed by atoms with Crippen LogP contribution in [0.1, 0.15) is 6.92 Å². The van der Waals surface area contributed by atoms with Crippen LogP contribution in [0.5, 0.6) is 0 Å². The van der Waals surface area contributed by atoms with Crippen molar-refractivity contribution in [2.24, 2.45) is 5.73 Å². The van der Waals surface area contributed by atoms with Crippen molar-refractivity contribution in [3.63, 3.8) is 0 Å². The standard InChI is InChI=1S/C2H7NSe/c1-2(3)4/h2,4H,3H2,1H3. The van der Waals surface area contributed by atoms with Crippen LogP contribution >= 0.6 is 0 Å². The molecule has 2 N–H and O–H groups in total. The fraction of sp³-hybridized carbons (Fsp3) is 1.00. The zero-order chi connectivity index (χ0) is 3.58. The zero-order valence-electron chi connectivity index (χ0n) is 2.60. The van der Waals surface area contributed by atoms with Gasteiger partial charge in [-0.3, -0.25) is 0 Å². The van der Waals surface area contributed by atoms with Gasteiger partial charge >= 0.3 is 33.6 Å². The molecule has 1 unspecified atom stereocenters. The Bertz CT molecular complexity index is 10.8. The van der Waals surface area contributed by atoms with Crippen molar-refractivity contribution in [2.75, 3.05) is 0 Å². The van der Waals surface area contributed by atoms with Gasteiger partial charge in [-0.05, 0) is 0 Å². The number of hydrogen-bond donors (Lipinski definition) is 1. The van der Waals surface area contributed by atoms with Gasteiger partial charge < -0.3 is 0 Å². The Hall–Kier alpha value is 0.479. The minimum absolute atomic E-state index is 0.271. The third kappa shape index (κ3) is 23.6. The van der Waals surface area contributed by atoms with Crippen LogP contribution in [0.4, 0.5) is 0 Å². The van der Waals surface area contributed by atoms with Gasteiger partial charge in [0.1, 0.15) is 0 Å². The zero-order valence-corrected chi connectivity index (χ0v) is 4.48. The van der Waals surface area contributed by atoms with Gasteiger partial charge in [-0.25, -0.2) is 0 Å². The summed E-state index contributed by atoms with van der Waals surface area (Å²) in [7, 11) is 0. The van der Waals surface area contributed by atoms with Crippen LogP contribution in [-0.2, 0) is 0 Å². The predicted molar refractivity (Wildman–Crippen MR) is 20.8 cm³/mol. The van der Waals surface area contributed by atoms with Gasteiger partial charge in [-0.15, -0.1) is 0 Å². The molecule has 0 fully saturated rings. The van der Waals surface area contributed by atoms with E-state index < -0.39 is 0 Å². The SMILES string of the molecule is CC(N)[SeH]. The van der Waals surface area contributed by atoms with E-state index in [-0.39, 0.29) is 4.94 Å². The van der Waals surface area contributed by atoms with Crippen LogP contribution < -0.4 is 5.73 Å². The van der Waals surface area contributed by atoms with Crippen molar-refractivity contribution >= 4 is 16.0 Å². The molecule has 0 aromatic heterocycles. The second kappa shape index (κ2) is 1.77. The molecule has 1 atom stereocenters. The van der Waals surface area contributed by atoms with Gasteiger partial charge in [0.25, 0.3) is 0 Å². The van der Waals surface area contributed by atoms with Crippen molar-refractivity contribution in [3.05, 3.63) is 0 Å². The summed E-state index contributed by atoms with van der Waals surface area (Å²) < 4.78 is 0. The fourth-order valence-electron chi connectivity index (χ4n) is 0. The van der Waals surface area contributed by atoms with Gasteiger partial charge in [-0.2, -0.15) is 0 Å². The minimum atomic E-state index is 0.271. The van der Waals surface area contributed by atoms with E-state index in [2.05, 4.69) is 16.0 Å². The molecule has 0 aliphatic carbocycles. The summed E-state index contributed by atoms with van der Waals surface area (Å²) in [4.78, 5) is 0.271. The molecule has 0 aromatic carbocycles. The normalized spacial score (nSPS) is 15.8. The van der Waals surface area contributed by atoms with Crippen LogP contribution in [-0.4, -0.2) is 21.0 Å². The summed E-state index contributed by atoms with van der Waals surface area (Å²) >= 11 is 2.31. The van der Waals surface area contributed by atoms with Crippen molar-refractivity contribution in [2.45, 2.75) is 11.9 Å². The molecule has 0 spiro atoms. The van der Waals surface area contributed by atoms with Crippen molar-refractivity contribution in [1.29, 1.82) is 0 Å². The second-order valence-electron chi connectivity index (χ2n) is 0.741. The molecule has 0 aromatic rings. The molecule has 1 nitrogen and oxygen atoms in total. The topological polar surface area (TPSA) is 26.0 Å².